The fourth-order valence-electron chi connectivity index (χ4n) is 2.48. The summed E-state index contributed by atoms with van der Waals surface area (Å²) in [6.45, 7) is 0. The van der Waals surface area contributed by atoms with Gasteiger partial charge in [-0.15, -0.1) is 0 Å². The van der Waals surface area contributed by atoms with Crippen LogP contribution in [0.1, 0.15) is 17.2 Å². The highest BCUT2D eigenvalue weighted by Gasteiger charge is 2.10. The van der Waals surface area contributed by atoms with Gasteiger partial charge in [0.15, 0.2) is 0 Å². The lowest BCUT2D eigenvalue weighted by molar-refractivity contribution is 0.179. The summed E-state index contributed by atoms with van der Waals surface area (Å²) in [5.74, 6) is -0.286. The number of rotatable bonds is 3. The predicted octanol–water partition coefficient (Wildman–Crippen LogP) is 4.26. The Morgan fingerprint density at radius 1 is 0.850 bits per heavy atom. The summed E-state index contributed by atoms with van der Waals surface area (Å²) in [6.07, 6.45) is -0.103. The summed E-state index contributed by atoms with van der Waals surface area (Å²) in [5, 5.41) is 12.6. The smallest absolute Gasteiger partial charge is 0.123 e. The summed E-state index contributed by atoms with van der Waals surface area (Å²) < 4.78 is 12.9. The summed E-state index contributed by atoms with van der Waals surface area (Å²) in [5.41, 5.74) is 1.83. The number of aliphatic hydroxyl groups is 1. The van der Waals surface area contributed by atoms with Crippen LogP contribution in [0.15, 0.2) is 66.7 Å². The van der Waals surface area contributed by atoms with Gasteiger partial charge in [0, 0.05) is 6.42 Å². The fourth-order valence-corrected chi connectivity index (χ4v) is 2.48. The highest BCUT2D eigenvalue weighted by atomic mass is 19.1. The van der Waals surface area contributed by atoms with E-state index in [0.29, 0.717) is 6.42 Å². The number of halogens is 1. The molecule has 1 unspecified atom stereocenters. The minimum absolute atomic E-state index is 0.286. The molecule has 0 bridgehead atoms. The molecule has 0 aromatic heterocycles. The zero-order valence-corrected chi connectivity index (χ0v) is 11.0. The van der Waals surface area contributed by atoms with E-state index in [1.807, 2.05) is 24.3 Å². The van der Waals surface area contributed by atoms with Crippen molar-refractivity contribution >= 4 is 10.8 Å². The first-order valence-corrected chi connectivity index (χ1v) is 6.64. The molecule has 0 saturated carbocycles. The first-order valence-electron chi connectivity index (χ1n) is 6.64. The first kappa shape index (κ1) is 12.8. The number of hydrogen-bond donors (Lipinski definition) is 1. The van der Waals surface area contributed by atoms with E-state index >= 15 is 0 Å². The van der Waals surface area contributed by atoms with E-state index in [1.165, 1.54) is 12.1 Å². The Morgan fingerprint density at radius 2 is 1.55 bits per heavy atom. The van der Waals surface area contributed by atoms with Crippen LogP contribution >= 0.6 is 0 Å². The molecule has 0 radical (unpaired) electrons. The van der Waals surface area contributed by atoms with Gasteiger partial charge in [-0.25, -0.2) is 4.39 Å². The molecule has 0 saturated heterocycles. The average molecular weight is 266 g/mol. The second kappa shape index (κ2) is 5.43. The van der Waals surface area contributed by atoms with E-state index in [2.05, 4.69) is 18.2 Å². The Kier molecular flexibility index (Phi) is 3.48. The molecule has 0 heterocycles. The van der Waals surface area contributed by atoms with Crippen molar-refractivity contribution in [3.63, 3.8) is 0 Å². The van der Waals surface area contributed by atoms with Crippen molar-refractivity contribution in [1.82, 2.24) is 0 Å². The molecule has 3 aromatic carbocycles. The van der Waals surface area contributed by atoms with Gasteiger partial charge in [-0.3, -0.25) is 0 Å². The molecule has 1 N–H and O–H groups in total. The lowest BCUT2D eigenvalue weighted by Gasteiger charge is -2.13. The SMILES string of the molecule is OC(Cc1cccc2ccccc12)c1ccc(F)cc1. The molecule has 0 fully saturated rings. The van der Waals surface area contributed by atoms with Crippen molar-refractivity contribution in [2.45, 2.75) is 12.5 Å². The molecular formula is C18H15FO. The summed E-state index contributed by atoms with van der Waals surface area (Å²) >= 11 is 0. The quantitative estimate of drug-likeness (QED) is 0.751. The van der Waals surface area contributed by atoms with Gasteiger partial charge in [-0.2, -0.15) is 0 Å². The molecule has 3 rings (SSSR count). The normalized spacial score (nSPS) is 12.5. The minimum atomic E-state index is -0.624. The predicted molar refractivity (Wildman–Crippen MR) is 79.0 cm³/mol. The van der Waals surface area contributed by atoms with Gasteiger partial charge in [0.05, 0.1) is 6.10 Å². The van der Waals surface area contributed by atoms with Crippen LogP contribution in [-0.2, 0) is 6.42 Å². The average Bonchev–Trinajstić information content (AvgIpc) is 2.48. The maximum Gasteiger partial charge on any atom is 0.123 e. The topological polar surface area (TPSA) is 20.2 Å². The zero-order chi connectivity index (χ0) is 13.9. The maximum atomic E-state index is 12.9. The molecule has 2 heteroatoms. The van der Waals surface area contributed by atoms with Crippen molar-refractivity contribution in [2.75, 3.05) is 0 Å². The molecule has 1 atom stereocenters. The van der Waals surface area contributed by atoms with E-state index < -0.39 is 6.10 Å². The Labute approximate surface area is 117 Å². The highest BCUT2D eigenvalue weighted by Crippen LogP contribution is 2.24. The Balaban J connectivity index is 1.91. The fraction of sp³-hybridized carbons (Fsp3) is 0.111. The lowest BCUT2D eigenvalue weighted by atomic mass is 9.97. The van der Waals surface area contributed by atoms with Gasteiger partial charge in [-0.1, -0.05) is 54.6 Å². The Bertz CT molecular complexity index is 714. The number of benzene rings is 3. The molecule has 0 amide bonds. The molecule has 0 spiro atoms. The largest absolute Gasteiger partial charge is 0.388 e. The second-order valence-electron chi connectivity index (χ2n) is 4.91. The maximum absolute atomic E-state index is 12.9. The number of aliphatic hydroxyl groups excluding tert-OH is 1. The van der Waals surface area contributed by atoms with Crippen LogP contribution in [0.5, 0.6) is 0 Å². The van der Waals surface area contributed by atoms with E-state index in [9.17, 15) is 9.50 Å². The standard InChI is InChI=1S/C18H15FO/c19-16-10-8-14(9-11-16)18(20)12-15-6-3-5-13-4-1-2-7-17(13)15/h1-11,18,20H,12H2. The molecule has 0 aliphatic carbocycles. The van der Waals surface area contributed by atoms with Crippen LogP contribution in [0.2, 0.25) is 0 Å². The monoisotopic (exact) mass is 266 g/mol. The van der Waals surface area contributed by atoms with E-state index in [-0.39, 0.29) is 5.82 Å². The number of fused-ring (bicyclic) bond motifs is 1. The first-order chi connectivity index (χ1) is 9.74. The highest BCUT2D eigenvalue weighted by molar-refractivity contribution is 5.85. The Hall–Kier alpha value is -2.19. The molecule has 0 aliphatic rings. The van der Waals surface area contributed by atoms with Crippen molar-refractivity contribution in [1.29, 1.82) is 0 Å². The van der Waals surface area contributed by atoms with Crippen molar-refractivity contribution in [2.24, 2.45) is 0 Å². The van der Waals surface area contributed by atoms with Gasteiger partial charge < -0.3 is 5.11 Å². The molecule has 3 aromatic rings. The minimum Gasteiger partial charge on any atom is -0.388 e. The summed E-state index contributed by atoms with van der Waals surface area (Å²) in [4.78, 5) is 0. The number of hydrogen-bond acceptors (Lipinski definition) is 1. The van der Waals surface area contributed by atoms with Crippen LogP contribution in [0.25, 0.3) is 10.8 Å². The van der Waals surface area contributed by atoms with Crippen molar-refractivity contribution < 1.29 is 9.50 Å². The molecule has 1 nitrogen and oxygen atoms in total. The van der Waals surface area contributed by atoms with E-state index in [0.717, 1.165) is 21.9 Å². The van der Waals surface area contributed by atoms with Crippen molar-refractivity contribution in [3.8, 4) is 0 Å². The summed E-state index contributed by atoms with van der Waals surface area (Å²) in [7, 11) is 0. The third-order valence-electron chi connectivity index (χ3n) is 3.55. The van der Waals surface area contributed by atoms with Crippen LogP contribution < -0.4 is 0 Å². The second-order valence-corrected chi connectivity index (χ2v) is 4.91. The Morgan fingerprint density at radius 3 is 2.35 bits per heavy atom. The van der Waals surface area contributed by atoms with Gasteiger partial charge in [-0.05, 0) is 34.0 Å². The van der Waals surface area contributed by atoms with Gasteiger partial charge in [0.25, 0.3) is 0 Å². The zero-order valence-electron chi connectivity index (χ0n) is 11.0. The van der Waals surface area contributed by atoms with Crippen LogP contribution in [0.3, 0.4) is 0 Å². The molecule has 0 aliphatic heterocycles. The van der Waals surface area contributed by atoms with Crippen LogP contribution in [0, 0.1) is 5.82 Å². The molecular weight excluding hydrogens is 251 g/mol. The van der Waals surface area contributed by atoms with Crippen LogP contribution in [-0.4, -0.2) is 5.11 Å². The van der Waals surface area contributed by atoms with E-state index in [1.54, 1.807) is 12.1 Å². The summed E-state index contributed by atoms with van der Waals surface area (Å²) in [6, 6.07) is 20.2. The lowest BCUT2D eigenvalue weighted by Crippen LogP contribution is -2.02. The molecule has 20 heavy (non-hydrogen) atoms. The molecule has 100 valence electrons. The third kappa shape index (κ3) is 2.56. The van der Waals surface area contributed by atoms with Gasteiger partial charge >= 0.3 is 0 Å². The third-order valence-corrected chi connectivity index (χ3v) is 3.55. The van der Waals surface area contributed by atoms with Crippen molar-refractivity contribution in [3.05, 3.63) is 83.7 Å². The van der Waals surface area contributed by atoms with E-state index in [4.69, 9.17) is 0 Å². The van der Waals surface area contributed by atoms with Gasteiger partial charge in [0.2, 0.25) is 0 Å². The van der Waals surface area contributed by atoms with Crippen LogP contribution in [0.4, 0.5) is 4.39 Å². The van der Waals surface area contributed by atoms with Gasteiger partial charge in [0.1, 0.15) is 5.82 Å².